The second kappa shape index (κ2) is 5.77. The zero-order valence-corrected chi connectivity index (χ0v) is 16.7. The van der Waals surface area contributed by atoms with Crippen LogP contribution in [0.25, 0.3) is 0 Å². The molecule has 0 amide bonds. The number of sulfonamides is 1. The van der Waals surface area contributed by atoms with Crippen molar-refractivity contribution in [2.75, 3.05) is 0 Å². The van der Waals surface area contributed by atoms with Crippen LogP contribution in [0, 0.1) is 17.8 Å². The number of nitrogens with two attached hydrogens (primary N) is 2. The molecule has 6 unspecified atom stereocenters. The minimum Gasteiger partial charge on any atom is -0.323 e. The Morgan fingerprint density at radius 1 is 1.12 bits per heavy atom. The molecule has 0 aromatic heterocycles. The highest BCUT2D eigenvalue weighted by Crippen LogP contribution is 2.61. The summed E-state index contributed by atoms with van der Waals surface area (Å²) >= 11 is 0. The van der Waals surface area contributed by atoms with Crippen LogP contribution in [0.3, 0.4) is 0 Å². The molecule has 4 bridgehead atoms. The van der Waals surface area contributed by atoms with Crippen molar-refractivity contribution in [2.45, 2.75) is 74.4 Å². The van der Waals surface area contributed by atoms with E-state index in [4.69, 9.17) is 10.9 Å². The molecule has 4 aliphatic carbocycles. The van der Waals surface area contributed by atoms with Gasteiger partial charge in [-0.05, 0) is 75.8 Å². The van der Waals surface area contributed by atoms with Crippen molar-refractivity contribution >= 4 is 10.0 Å². The van der Waals surface area contributed by atoms with Crippen molar-refractivity contribution < 1.29 is 8.42 Å². The lowest BCUT2D eigenvalue weighted by atomic mass is 9.45. The summed E-state index contributed by atoms with van der Waals surface area (Å²) in [5.74, 6) is 1.72. The van der Waals surface area contributed by atoms with Crippen LogP contribution >= 0.6 is 0 Å². The molecule has 4 saturated carbocycles. The summed E-state index contributed by atoms with van der Waals surface area (Å²) in [5, 5.41) is 9.34. The molecule has 0 aliphatic heterocycles. The number of nitrogens with one attached hydrogen (secondary N) is 1. The molecule has 144 valence electrons. The zero-order chi connectivity index (χ0) is 18.9. The topological polar surface area (TPSA) is 98.2 Å². The molecule has 0 saturated heterocycles. The van der Waals surface area contributed by atoms with Crippen LogP contribution in [0.1, 0.15) is 57.9 Å². The first-order valence-corrected chi connectivity index (χ1v) is 11.2. The normalized spacial score (nSPS) is 39.3. The molecule has 1 aromatic rings. The summed E-state index contributed by atoms with van der Waals surface area (Å²) in [6, 6.07) is 7.41. The number of benzene rings is 1. The van der Waals surface area contributed by atoms with E-state index >= 15 is 0 Å². The molecule has 6 heteroatoms. The highest BCUT2D eigenvalue weighted by Gasteiger charge is 2.61. The molecule has 4 fully saturated rings. The van der Waals surface area contributed by atoms with Gasteiger partial charge in [0.05, 0.1) is 4.90 Å². The maximum atomic E-state index is 12.2. The predicted molar refractivity (Wildman–Crippen MR) is 103 cm³/mol. The van der Waals surface area contributed by atoms with Gasteiger partial charge in [0.2, 0.25) is 10.0 Å². The van der Waals surface area contributed by atoms with Crippen molar-refractivity contribution in [2.24, 2.45) is 28.6 Å². The number of hydrogen-bond donors (Lipinski definition) is 3. The van der Waals surface area contributed by atoms with E-state index in [1.54, 1.807) is 12.1 Å². The second-order valence-electron chi connectivity index (χ2n) is 9.84. The third-order valence-corrected chi connectivity index (χ3v) is 7.75. The van der Waals surface area contributed by atoms with Crippen molar-refractivity contribution in [3.8, 4) is 0 Å². The molecule has 0 spiro atoms. The van der Waals surface area contributed by atoms with Crippen molar-refractivity contribution in [3.63, 3.8) is 0 Å². The number of primary sulfonamides is 1. The van der Waals surface area contributed by atoms with E-state index < -0.39 is 15.6 Å². The van der Waals surface area contributed by atoms with E-state index in [9.17, 15) is 8.42 Å². The average molecular weight is 378 g/mol. The third-order valence-electron chi connectivity index (χ3n) is 6.77. The summed E-state index contributed by atoms with van der Waals surface area (Å²) in [4.78, 5) is 0.247. The van der Waals surface area contributed by atoms with Gasteiger partial charge < -0.3 is 11.1 Å². The lowest BCUT2D eigenvalue weighted by molar-refractivity contribution is -0.0601. The zero-order valence-electron chi connectivity index (χ0n) is 15.9. The Morgan fingerprint density at radius 3 is 2.42 bits per heavy atom. The van der Waals surface area contributed by atoms with Crippen LogP contribution in [-0.4, -0.2) is 25.5 Å². The predicted octanol–water partition coefficient (Wildman–Crippen LogP) is 2.32. The molecule has 0 radical (unpaired) electrons. The van der Waals surface area contributed by atoms with Crippen LogP contribution in [0.15, 0.2) is 29.2 Å². The van der Waals surface area contributed by atoms with Crippen LogP contribution in [0.2, 0.25) is 0 Å². The quantitative estimate of drug-likeness (QED) is 0.753. The van der Waals surface area contributed by atoms with E-state index in [1.165, 1.54) is 6.42 Å². The fourth-order valence-corrected chi connectivity index (χ4v) is 7.12. The molecule has 4 aliphatic rings. The van der Waals surface area contributed by atoms with Crippen LogP contribution in [0.5, 0.6) is 0 Å². The monoisotopic (exact) mass is 377 g/mol. The third kappa shape index (κ3) is 2.91. The SMILES string of the molecule is CC(C)(C)NC1C2CC3CC(C2)C(c2ccccc2S(N)(=O)=O)C1(N)C3. The van der Waals surface area contributed by atoms with Gasteiger partial charge in [-0.15, -0.1) is 0 Å². The Hall–Kier alpha value is -0.950. The van der Waals surface area contributed by atoms with Gasteiger partial charge in [-0.2, -0.15) is 0 Å². The standard InChI is InChI=1S/C20H31N3O2S/c1-19(2,3)23-18-14-9-12-8-13(10-14)17(20(18,21)11-12)15-6-4-5-7-16(15)26(22,24)25/h4-7,12-14,17-18,23H,8-11,21H2,1-3H3,(H2,22,24,25). The molecule has 5 rings (SSSR count). The Bertz CT molecular complexity index is 817. The van der Waals surface area contributed by atoms with E-state index in [2.05, 4.69) is 26.1 Å². The first-order chi connectivity index (χ1) is 12.0. The van der Waals surface area contributed by atoms with Gasteiger partial charge in [0.25, 0.3) is 0 Å². The van der Waals surface area contributed by atoms with Gasteiger partial charge in [-0.3, -0.25) is 0 Å². The molecule has 6 atom stereocenters. The Labute approximate surface area is 157 Å². The van der Waals surface area contributed by atoms with E-state index in [1.807, 2.05) is 12.1 Å². The van der Waals surface area contributed by atoms with E-state index in [0.29, 0.717) is 17.8 Å². The number of hydrogen-bond acceptors (Lipinski definition) is 4. The maximum absolute atomic E-state index is 12.2. The van der Waals surface area contributed by atoms with Gasteiger partial charge in [0, 0.05) is 23.0 Å². The van der Waals surface area contributed by atoms with Crippen LogP contribution in [0.4, 0.5) is 0 Å². The molecular weight excluding hydrogens is 346 g/mol. The first-order valence-electron chi connectivity index (χ1n) is 9.67. The second-order valence-corrected chi connectivity index (χ2v) is 11.4. The van der Waals surface area contributed by atoms with Gasteiger partial charge in [0.15, 0.2) is 0 Å². The minimum atomic E-state index is -3.77. The van der Waals surface area contributed by atoms with Gasteiger partial charge in [0.1, 0.15) is 0 Å². The Morgan fingerprint density at radius 2 is 1.77 bits per heavy atom. The molecular formula is C20H31N3O2S. The summed E-state index contributed by atoms with van der Waals surface area (Å²) in [5.41, 5.74) is 7.52. The smallest absolute Gasteiger partial charge is 0.238 e. The van der Waals surface area contributed by atoms with Crippen molar-refractivity contribution in [3.05, 3.63) is 29.8 Å². The minimum absolute atomic E-state index is 0.0313. The highest BCUT2D eigenvalue weighted by molar-refractivity contribution is 7.89. The fraction of sp³-hybridized carbons (Fsp3) is 0.700. The molecule has 0 heterocycles. The highest BCUT2D eigenvalue weighted by atomic mass is 32.2. The van der Waals surface area contributed by atoms with E-state index in [-0.39, 0.29) is 22.4 Å². The number of rotatable bonds is 3. The fourth-order valence-electron chi connectivity index (χ4n) is 6.33. The summed E-state index contributed by atoms with van der Waals surface area (Å²) < 4.78 is 24.5. The molecule has 5 nitrogen and oxygen atoms in total. The van der Waals surface area contributed by atoms with E-state index in [0.717, 1.165) is 24.8 Å². The average Bonchev–Trinajstić information content (AvgIpc) is 2.49. The summed E-state index contributed by atoms with van der Waals surface area (Å²) in [7, 11) is -3.77. The maximum Gasteiger partial charge on any atom is 0.238 e. The first kappa shape index (κ1) is 18.4. The van der Waals surface area contributed by atoms with Gasteiger partial charge in [-0.25, -0.2) is 13.6 Å². The van der Waals surface area contributed by atoms with Gasteiger partial charge >= 0.3 is 0 Å². The Balaban J connectivity index is 1.83. The van der Waals surface area contributed by atoms with Crippen LogP contribution < -0.4 is 16.2 Å². The van der Waals surface area contributed by atoms with Crippen molar-refractivity contribution in [1.82, 2.24) is 5.32 Å². The molecule has 26 heavy (non-hydrogen) atoms. The largest absolute Gasteiger partial charge is 0.323 e. The summed E-state index contributed by atoms with van der Waals surface area (Å²) in [6.07, 6.45) is 4.47. The molecule has 5 N–H and O–H groups in total. The molecule has 1 aromatic carbocycles. The lowest BCUT2D eigenvalue weighted by Crippen LogP contribution is -2.74. The van der Waals surface area contributed by atoms with Crippen molar-refractivity contribution in [1.29, 1.82) is 0 Å². The Kier molecular flexibility index (Phi) is 4.09. The van der Waals surface area contributed by atoms with Crippen LogP contribution in [-0.2, 0) is 10.0 Å². The van der Waals surface area contributed by atoms with Gasteiger partial charge in [-0.1, -0.05) is 18.2 Å². The lowest BCUT2D eigenvalue weighted by Gasteiger charge is -2.65. The summed E-state index contributed by atoms with van der Waals surface area (Å²) in [6.45, 7) is 6.53.